The summed E-state index contributed by atoms with van der Waals surface area (Å²) in [6.07, 6.45) is 6.59. The lowest BCUT2D eigenvalue weighted by Crippen LogP contribution is -2.37. The van der Waals surface area contributed by atoms with Crippen molar-refractivity contribution in [2.45, 2.75) is 51.9 Å². The molecule has 0 heterocycles. The number of aliphatic carboxylic acids is 1. The van der Waals surface area contributed by atoms with Crippen molar-refractivity contribution < 1.29 is 9.90 Å². The van der Waals surface area contributed by atoms with Gasteiger partial charge < -0.3 is 5.11 Å². The van der Waals surface area contributed by atoms with Crippen molar-refractivity contribution in [2.24, 2.45) is 11.3 Å². The fourth-order valence-corrected chi connectivity index (χ4v) is 3.60. The summed E-state index contributed by atoms with van der Waals surface area (Å²) >= 11 is 6.20. The molecule has 0 bridgehead atoms. The number of carboxylic acid groups (broad SMARTS) is 1. The maximum Gasteiger partial charge on any atom is 0.309 e. The van der Waals surface area contributed by atoms with Crippen molar-refractivity contribution in [3.05, 3.63) is 34.9 Å². The van der Waals surface area contributed by atoms with Crippen LogP contribution in [0.3, 0.4) is 0 Å². The molecule has 0 atom stereocenters. The molecule has 2 rings (SSSR count). The lowest BCUT2D eigenvalue weighted by Gasteiger charge is -2.37. The van der Waals surface area contributed by atoms with Crippen molar-refractivity contribution in [1.29, 1.82) is 0 Å². The van der Waals surface area contributed by atoms with E-state index in [4.69, 9.17) is 11.6 Å². The van der Waals surface area contributed by atoms with E-state index in [0.29, 0.717) is 17.4 Å². The summed E-state index contributed by atoms with van der Waals surface area (Å²) in [5.74, 6) is 0.0473. The number of carbonyl (C=O) groups is 1. The minimum absolute atomic E-state index is 0.556. The van der Waals surface area contributed by atoms with Gasteiger partial charge in [-0.3, -0.25) is 4.79 Å². The van der Waals surface area contributed by atoms with E-state index in [1.54, 1.807) is 0 Å². The summed E-state index contributed by atoms with van der Waals surface area (Å²) in [4.78, 5) is 11.8. The highest BCUT2D eigenvalue weighted by Crippen LogP contribution is 2.43. The van der Waals surface area contributed by atoms with Crippen molar-refractivity contribution in [3.8, 4) is 0 Å². The molecule has 2 nitrogen and oxygen atoms in total. The molecule has 20 heavy (non-hydrogen) atoms. The van der Waals surface area contributed by atoms with Crippen LogP contribution in [-0.2, 0) is 11.2 Å². The lowest BCUT2D eigenvalue weighted by molar-refractivity contribution is -0.151. The van der Waals surface area contributed by atoms with Crippen LogP contribution in [0, 0.1) is 11.3 Å². The third kappa shape index (κ3) is 3.35. The van der Waals surface area contributed by atoms with Gasteiger partial charge in [0.2, 0.25) is 0 Å². The molecule has 0 amide bonds. The van der Waals surface area contributed by atoms with Gasteiger partial charge in [0.05, 0.1) is 5.41 Å². The monoisotopic (exact) mass is 294 g/mol. The maximum absolute atomic E-state index is 11.8. The molecule has 0 radical (unpaired) electrons. The predicted octanol–water partition coefficient (Wildman–Crippen LogP) is 4.94. The summed E-state index contributed by atoms with van der Waals surface area (Å²) in [5.41, 5.74) is 0.348. The zero-order valence-electron chi connectivity index (χ0n) is 12.1. The van der Waals surface area contributed by atoms with Crippen LogP contribution in [0.1, 0.15) is 51.0 Å². The third-order valence-corrected chi connectivity index (χ3v) is 5.07. The highest BCUT2D eigenvalue weighted by molar-refractivity contribution is 6.31. The van der Waals surface area contributed by atoms with E-state index in [0.717, 1.165) is 31.2 Å². The van der Waals surface area contributed by atoms with E-state index < -0.39 is 11.4 Å². The van der Waals surface area contributed by atoms with Crippen molar-refractivity contribution in [1.82, 2.24) is 0 Å². The highest BCUT2D eigenvalue weighted by Gasteiger charge is 2.42. The molecule has 1 aromatic carbocycles. The predicted molar refractivity (Wildman–Crippen MR) is 82.1 cm³/mol. The standard InChI is InChI=1S/C17H23ClO2/c1-2-5-13-8-10-17(11-9-13,16(19)20)12-14-6-3-4-7-15(14)18/h3-4,6-7,13H,2,5,8-12H2,1H3,(H,19,20). The van der Waals surface area contributed by atoms with Crippen LogP contribution >= 0.6 is 11.6 Å². The summed E-state index contributed by atoms with van der Waals surface area (Å²) in [6, 6.07) is 7.61. The van der Waals surface area contributed by atoms with Gasteiger partial charge in [-0.2, -0.15) is 0 Å². The average Bonchev–Trinajstić information content (AvgIpc) is 2.44. The first kappa shape index (κ1) is 15.4. The second-order valence-electron chi connectivity index (χ2n) is 6.09. The van der Waals surface area contributed by atoms with Crippen LogP contribution in [-0.4, -0.2) is 11.1 Å². The molecule has 1 aromatic rings. The first-order valence-corrected chi connectivity index (χ1v) is 7.92. The second kappa shape index (κ2) is 6.62. The summed E-state index contributed by atoms with van der Waals surface area (Å²) in [7, 11) is 0. The summed E-state index contributed by atoms with van der Waals surface area (Å²) in [5, 5.41) is 10.4. The molecule has 0 aliphatic heterocycles. The average molecular weight is 295 g/mol. The van der Waals surface area contributed by atoms with Crippen molar-refractivity contribution in [2.75, 3.05) is 0 Å². The Kier molecular flexibility index (Phi) is 5.09. The Morgan fingerprint density at radius 2 is 2.00 bits per heavy atom. The molecule has 3 heteroatoms. The first-order chi connectivity index (χ1) is 9.57. The van der Waals surface area contributed by atoms with Crippen LogP contribution in [0.15, 0.2) is 24.3 Å². The van der Waals surface area contributed by atoms with Gasteiger partial charge in [0.15, 0.2) is 0 Å². The molecule has 1 fully saturated rings. The fourth-order valence-electron chi connectivity index (χ4n) is 3.40. The molecule has 0 aromatic heterocycles. The fraction of sp³-hybridized carbons (Fsp3) is 0.588. The van der Waals surface area contributed by atoms with Gasteiger partial charge in [-0.15, -0.1) is 0 Å². The lowest BCUT2D eigenvalue weighted by atomic mass is 9.67. The minimum atomic E-state index is -0.660. The third-order valence-electron chi connectivity index (χ3n) is 4.70. The minimum Gasteiger partial charge on any atom is -0.481 e. The number of hydrogen-bond donors (Lipinski definition) is 1. The molecule has 1 aliphatic carbocycles. The van der Waals surface area contributed by atoms with Crippen LogP contribution in [0.25, 0.3) is 0 Å². The number of rotatable bonds is 5. The Hall–Kier alpha value is -1.02. The zero-order valence-corrected chi connectivity index (χ0v) is 12.8. The number of carboxylic acids is 1. The molecule has 0 saturated heterocycles. The van der Waals surface area contributed by atoms with Gasteiger partial charge in [0, 0.05) is 5.02 Å². The van der Waals surface area contributed by atoms with E-state index >= 15 is 0 Å². The van der Waals surface area contributed by atoms with Crippen LogP contribution in [0.4, 0.5) is 0 Å². The van der Waals surface area contributed by atoms with Gasteiger partial charge in [-0.25, -0.2) is 0 Å². The summed E-state index contributed by atoms with van der Waals surface area (Å²) < 4.78 is 0. The van der Waals surface area contributed by atoms with Crippen LogP contribution in [0.5, 0.6) is 0 Å². The van der Waals surface area contributed by atoms with Crippen molar-refractivity contribution in [3.63, 3.8) is 0 Å². The van der Waals surface area contributed by atoms with Gasteiger partial charge in [-0.1, -0.05) is 49.6 Å². The molecule has 1 aliphatic rings. The number of halogens is 1. The van der Waals surface area contributed by atoms with E-state index in [9.17, 15) is 9.90 Å². The quantitative estimate of drug-likeness (QED) is 0.835. The Labute approximate surface area is 126 Å². The Morgan fingerprint density at radius 3 is 2.55 bits per heavy atom. The second-order valence-corrected chi connectivity index (χ2v) is 6.49. The normalized spacial score (nSPS) is 26.4. The first-order valence-electron chi connectivity index (χ1n) is 7.54. The topological polar surface area (TPSA) is 37.3 Å². The summed E-state index contributed by atoms with van der Waals surface area (Å²) in [6.45, 7) is 2.20. The van der Waals surface area contributed by atoms with Gasteiger partial charge >= 0.3 is 5.97 Å². The van der Waals surface area contributed by atoms with E-state index in [2.05, 4.69) is 6.92 Å². The molecular weight excluding hydrogens is 272 g/mol. The van der Waals surface area contributed by atoms with Gasteiger partial charge in [0.25, 0.3) is 0 Å². The zero-order chi connectivity index (χ0) is 14.6. The Bertz CT molecular complexity index is 462. The largest absolute Gasteiger partial charge is 0.481 e. The number of hydrogen-bond acceptors (Lipinski definition) is 1. The van der Waals surface area contributed by atoms with E-state index in [1.807, 2.05) is 24.3 Å². The van der Waals surface area contributed by atoms with Crippen LogP contribution in [0.2, 0.25) is 5.02 Å². The Balaban J connectivity index is 2.12. The van der Waals surface area contributed by atoms with E-state index in [-0.39, 0.29) is 0 Å². The molecule has 110 valence electrons. The van der Waals surface area contributed by atoms with Gasteiger partial charge in [0.1, 0.15) is 0 Å². The Morgan fingerprint density at radius 1 is 1.35 bits per heavy atom. The SMILES string of the molecule is CCCC1CCC(Cc2ccccc2Cl)(C(=O)O)CC1. The van der Waals surface area contributed by atoms with E-state index in [1.165, 1.54) is 12.8 Å². The smallest absolute Gasteiger partial charge is 0.309 e. The number of benzene rings is 1. The molecule has 0 unspecified atom stereocenters. The highest BCUT2D eigenvalue weighted by atomic mass is 35.5. The van der Waals surface area contributed by atoms with Crippen molar-refractivity contribution >= 4 is 17.6 Å². The molecule has 0 spiro atoms. The van der Waals surface area contributed by atoms with Crippen LogP contribution < -0.4 is 0 Å². The molecule has 1 saturated carbocycles. The molecular formula is C17H23ClO2. The van der Waals surface area contributed by atoms with Gasteiger partial charge in [-0.05, 0) is 49.7 Å². The maximum atomic E-state index is 11.8. The molecule has 1 N–H and O–H groups in total.